The van der Waals surface area contributed by atoms with Crippen LogP contribution >= 0.6 is 0 Å². The van der Waals surface area contributed by atoms with Crippen LogP contribution < -0.4 is 15.4 Å². The van der Waals surface area contributed by atoms with Crippen LogP contribution in [-0.2, 0) is 4.74 Å². The Kier molecular flexibility index (Phi) is 5.35. The van der Waals surface area contributed by atoms with Gasteiger partial charge >= 0.3 is 6.03 Å². The van der Waals surface area contributed by atoms with Crippen molar-refractivity contribution in [3.63, 3.8) is 0 Å². The molecule has 0 aromatic heterocycles. The fourth-order valence-electron chi connectivity index (χ4n) is 3.05. The zero-order valence-electron chi connectivity index (χ0n) is 13.6. The van der Waals surface area contributed by atoms with Crippen molar-refractivity contribution in [2.75, 3.05) is 45.2 Å². The first kappa shape index (κ1) is 16.1. The second-order valence-electron chi connectivity index (χ2n) is 6.35. The summed E-state index contributed by atoms with van der Waals surface area (Å²) in [5.74, 6) is 1.23. The Balaban J connectivity index is 1.51. The van der Waals surface area contributed by atoms with E-state index in [0.29, 0.717) is 30.5 Å². The van der Waals surface area contributed by atoms with Gasteiger partial charge < -0.3 is 25.0 Å². The molecule has 126 valence electrons. The van der Waals surface area contributed by atoms with Crippen LogP contribution in [0.4, 0.5) is 10.5 Å². The molecule has 23 heavy (non-hydrogen) atoms. The first-order valence-corrected chi connectivity index (χ1v) is 8.27. The van der Waals surface area contributed by atoms with Crippen LogP contribution in [0, 0.1) is 5.92 Å². The Hall–Kier alpha value is -1.79. The maximum atomic E-state index is 12.1. The summed E-state index contributed by atoms with van der Waals surface area (Å²) in [4.78, 5) is 14.4. The minimum absolute atomic E-state index is 0.0648. The van der Waals surface area contributed by atoms with Crippen LogP contribution in [0.1, 0.15) is 12.8 Å². The van der Waals surface area contributed by atoms with Crippen molar-refractivity contribution in [1.29, 1.82) is 0 Å². The van der Waals surface area contributed by atoms with E-state index >= 15 is 0 Å². The number of nitrogens with one attached hydrogen (secondary N) is 2. The molecule has 3 rings (SSSR count). The molecule has 0 bridgehead atoms. The molecule has 2 amide bonds. The van der Waals surface area contributed by atoms with Crippen molar-refractivity contribution in [2.24, 2.45) is 5.92 Å². The van der Waals surface area contributed by atoms with Gasteiger partial charge in [-0.15, -0.1) is 0 Å². The molecule has 0 spiro atoms. The third-order valence-corrected chi connectivity index (χ3v) is 4.36. The van der Waals surface area contributed by atoms with Crippen LogP contribution in [0.3, 0.4) is 0 Å². The third-order valence-electron chi connectivity index (χ3n) is 4.36. The predicted octanol–water partition coefficient (Wildman–Crippen LogP) is 1.93. The molecule has 0 saturated carbocycles. The summed E-state index contributed by atoms with van der Waals surface area (Å²) in [5, 5.41) is 5.85. The Morgan fingerprint density at radius 1 is 1.39 bits per heavy atom. The molecule has 1 aromatic carbocycles. The van der Waals surface area contributed by atoms with Crippen LogP contribution in [0.15, 0.2) is 24.3 Å². The number of hydrogen-bond acceptors (Lipinski definition) is 4. The van der Waals surface area contributed by atoms with Gasteiger partial charge in [0, 0.05) is 19.5 Å². The fraction of sp³-hybridized carbons (Fsp3) is 0.588. The number of carbonyl (C=O) groups is 1. The zero-order chi connectivity index (χ0) is 16.1. The maximum Gasteiger partial charge on any atom is 0.319 e. The number of benzene rings is 1. The number of nitrogens with zero attached hydrogens (tertiary/aromatic N) is 1. The first-order chi connectivity index (χ1) is 11.2. The van der Waals surface area contributed by atoms with Gasteiger partial charge in [0.2, 0.25) is 0 Å². The number of ether oxygens (including phenoxy) is 2. The van der Waals surface area contributed by atoms with Gasteiger partial charge in [-0.1, -0.05) is 12.1 Å². The molecule has 0 unspecified atom stereocenters. The number of carbonyl (C=O) groups excluding carboxylic acids is 1. The van der Waals surface area contributed by atoms with E-state index in [9.17, 15) is 4.79 Å². The van der Waals surface area contributed by atoms with Crippen molar-refractivity contribution < 1.29 is 14.3 Å². The lowest BCUT2D eigenvalue weighted by atomic mass is 10.1. The largest absolute Gasteiger partial charge is 0.486 e. The molecule has 6 nitrogen and oxygen atoms in total. The molecule has 2 atom stereocenters. The second-order valence-corrected chi connectivity index (χ2v) is 6.35. The van der Waals surface area contributed by atoms with Crippen molar-refractivity contribution in [3.8, 4) is 5.75 Å². The molecule has 0 aliphatic carbocycles. The lowest BCUT2D eigenvalue weighted by Crippen LogP contribution is -2.34. The zero-order valence-corrected chi connectivity index (χ0v) is 13.6. The van der Waals surface area contributed by atoms with Gasteiger partial charge in [0.1, 0.15) is 11.9 Å². The summed E-state index contributed by atoms with van der Waals surface area (Å²) in [6.07, 6.45) is 2.09. The monoisotopic (exact) mass is 319 g/mol. The highest BCUT2D eigenvalue weighted by molar-refractivity contribution is 5.90. The molecule has 6 heteroatoms. The van der Waals surface area contributed by atoms with E-state index in [1.165, 1.54) is 0 Å². The molecule has 2 heterocycles. The second kappa shape index (κ2) is 7.66. The van der Waals surface area contributed by atoms with Crippen molar-refractivity contribution >= 4 is 11.7 Å². The maximum absolute atomic E-state index is 12.1. The molecule has 2 fully saturated rings. The molecular formula is C17H25N3O3. The number of likely N-dealkylation sites (tertiary alicyclic amines) is 1. The quantitative estimate of drug-likeness (QED) is 0.870. The van der Waals surface area contributed by atoms with Crippen LogP contribution in [0.5, 0.6) is 5.75 Å². The number of anilines is 1. The van der Waals surface area contributed by atoms with Crippen LogP contribution in [0.25, 0.3) is 0 Å². The van der Waals surface area contributed by atoms with Crippen molar-refractivity contribution in [2.45, 2.75) is 18.9 Å². The summed E-state index contributed by atoms with van der Waals surface area (Å²) in [6.45, 7) is 4.19. The normalized spacial score (nSPS) is 24.6. The van der Waals surface area contributed by atoms with E-state index in [1.54, 1.807) is 0 Å². The summed E-state index contributed by atoms with van der Waals surface area (Å²) in [6, 6.07) is 7.34. The lowest BCUT2D eigenvalue weighted by Gasteiger charge is -2.17. The average Bonchev–Trinajstić information content (AvgIpc) is 3.19. The molecule has 0 radical (unpaired) electrons. The van der Waals surface area contributed by atoms with Crippen LogP contribution in [0.2, 0.25) is 0 Å². The SMILES string of the molecule is CN1CC[C@H](CNC(=O)Nc2ccccc2O[C@@H]2CCOC2)C1. The van der Waals surface area contributed by atoms with E-state index in [4.69, 9.17) is 9.47 Å². The van der Waals surface area contributed by atoms with E-state index in [-0.39, 0.29) is 12.1 Å². The Morgan fingerprint density at radius 2 is 2.26 bits per heavy atom. The topological polar surface area (TPSA) is 62.8 Å². The van der Waals surface area contributed by atoms with E-state index in [1.807, 2.05) is 24.3 Å². The lowest BCUT2D eigenvalue weighted by molar-refractivity contribution is 0.142. The Morgan fingerprint density at radius 3 is 3.00 bits per heavy atom. The third kappa shape index (κ3) is 4.59. The van der Waals surface area contributed by atoms with E-state index in [0.717, 1.165) is 32.5 Å². The van der Waals surface area contributed by atoms with Gasteiger partial charge in [-0.2, -0.15) is 0 Å². The number of hydrogen-bond donors (Lipinski definition) is 2. The molecule has 2 N–H and O–H groups in total. The van der Waals surface area contributed by atoms with E-state index < -0.39 is 0 Å². The van der Waals surface area contributed by atoms with Crippen molar-refractivity contribution in [3.05, 3.63) is 24.3 Å². The number of para-hydroxylation sites is 2. The van der Waals surface area contributed by atoms with Gasteiger partial charge in [0.05, 0.1) is 18.9 Å². The Labute approximate surface area is 137 Å². The summed E-state index contributed by atoms with van der Waals surface area (Å²) in [7, 11) is 2.11. The summed E-state index contributed by atoms with van der Waals surface area (Å²) < 4.78 is 11.3. The number of amides is 2. The summed E-state index contributed by atoms with van der Waals surface area (Å²) >= 11 is 0. The van der Waals surface area contributed by atoms with Crippen molar-refractivity contribution in [1.82, 2.24) is 10.2 Å². The van der Waals surface area contributed by atoms with Gasteiger partial charge in [-0.25, -0.2) is 4.79 Å². The fourth-order valence-corrected chi connectivity index (χ4v) is 3.05. The number of rotatable bonds is 5. The van der Waals surface area contributed by atoms with Gasteiger partial charge in [0.15, 0.2) is 0 Å². The summed E-state index contributed by atoms with van der Waals surface area (Å²) in [5.41, 5.74) is 0.695. The van der Waals surface area contributed by atoms with Crippen LogP contribution in [-0.4, -0.2) is 56.9 Å². The highest BCUT2D eigenvalue weighted by Crippen LogP contribution is 2.26. The molecule has 1 aromatic rings. The molecule has 2 saturated heterocycles. The molecule has 2 aliphatic heterocycles. The first-order valence-electron chi connectivity index (χ1n) is 8.27. The average molecular weight is 319 g/mol. The molecule has 2 aliphatic rings. The predicted molar refractivity (Wildman–Crippen MR) is 88.9 cm³/mol. The molecular weight excluding hydrogens is 294 g/mol. The Bertz CT molecular complexity index is 532. The number of urea groups is 1. The van der Waals surface area contributed by atoms with E-state index in [2.05, 4.69) is 22.6 Å². The minimum Gasteiger partial charge on any atom is -0.486 e. The minimum atomic E-state index is -0.182. The highest BCUT2D eigenvalue weighted by atomic mass is 16.5. The smallest absolute Gasteiger partial charge is 0.319 e. The van der Waals surface area contributed by atoms with Gasteiger partial charge in [-0.05, 0) is 38.1 Å². The van der Waals surface area contributed by atoms with Gasteiger partial charge in [0.25, 0.3) is 0 Å². The highest BCUT2D eigenvalue weighted by Gasteiger charge is 2.21. The standard InChI is InChI=1S/C17H25N3O3/c1-20-8-6-13(11-20)10-18-17(21)19-15-4-2-3-5-16(15)23-14-7-9-22-12-14/h2-5,13-14H,6-12H2,1H3,(H2,18,19,21)/t13-,14-/m1/s1. The van der Waals surface area contributed by atoms with Gasteiger partial charge in [-0.3, -0.25) is 0 Å².